The number of hydrogen-bond acceptors (Lipinski definition) is 4. The van der Waals surface area contributed by atoms with Gasteiger partial charge in [0.25, 0.3) is 0 Å². The molecular weight excluding hydrogens is 346 g/mol. The van der Waals surface area contributed by atoms with E-state index in [2.05, 4.69) is 6.58 Å². The zero-order valence-corrected chi connectivity index (χ0v) is 14.7. The Bertz CT molecular complexity index is 663. The average molecular weight is 368 g/mol. The van der Waals surface area contributed by atoms with E-state index in [9.17, 15) is 14.7 Å². The second-order valence-electron chi connectivity index (χ2n) is 6.33. The van der Waals surface area contributed by atoms with Crippen molar-refractivity contribution in [3.05, 3.63) is 41.4 Å². The molecule has 0 bridgehead atoms. The third-order valence-electron chi connectivity index (χ3n) is 4.41. The normalized spacial score (nSPS) is 20.8. The largest absolute Gasteiger partial charge is 0.482 e. The lowest BCUT2D eigenvalue weighted by Crippen LogP contribution is -2.47. The third kappa shape index (κ3) is 4.96. The Morgan fingerprint density at radius 3 is 2.80 bits per heavy atom. The van der Waals surface area contributed by atoms with E-state index in [4.69, 9.17) is 21.4 Å². The van der Waals surface area contributed by atoms with Crippen molar-refractivity contribution in [2.45, 2.75) is 25.8 Å². The predicted molar refractivity (Wildman–Crippen MR) is 94.0 cm³/mol. The lowest BCUT2D eigenvalue weighted by Gasteiger charge is -2.39. The topological polar surface area (TPSA) is 87.1 Å². The van der Waals surface area contributed by atoms with E-state index in [-0.39, 0.29) is 0 Å². The van der Waals surface area contributed by atoms with Crippen LogP contribution < -0.4 is 4.74 Å². The molecule has 2 N–H and O–H groups in total. The first kappa shape index (κ1) is 19.3. The van der Waals surface area contributed by atoms with Gasteiger partial charge in [0.15, 0.2) is 6.61 Å². The van der Waals surface area contributed by atoms with Crippen LogP contribution >= 0.6 is 11.6 Å². The molecule has 7 heteroatoms. The molecule has 1 aliphatic heterocycles. The molecule has 25 heavy (non-hydrogen) atoms. The molecule has 0 radical (unpaired) electrons. The summed E-state index contributed by atoms with van der Waals surface area (Å²) in [6.45, 7) is 4.85. The van der Waals surface area contributed by atoms with Gasteiger partial charge < -0.3 is 14.9 Å². The second kappa shape index (κ2) is 8.36. The van der Waals surface area contributed by atoms with Crippen LogP contribution in [0.2, 0.25) is 5.02 Å². The summed E-state index contributed by atoms with van der Waals surface area (Å²) < 4.78 is 5.32. The first-order valence-corrected chi connectivity index (χ1v) is 8.44. The molecule has 1 unspecified atom stereocenters. The summed E-state index contributed by atoms with van der Waals surface area (Å²) in [7, 11) is 0. The Morgan fingerprint density at radius 2 is 2.16 bits per heavy atom. The minimum Gasteiger partial charge on any atom is -0.482 e. The van der Waals surface area contributed by atoms with Crippen molar-refractivity contribution in [2.75, 3.05) is 19.7 Å². The number of allylic oxidation sites excluding steroid dienone is 1. The van der Waals surface area contributed by atoms with Gasteiger partial charge in [0.05, 0.1) is 5.41 Å². The van der Waals surface area contributed by atoms with Gasteiger partial charge in [0.2, 0.25) is 0 Å². The van der Waals surface area contributed by atoms with Crippen molar-refractivity contribution in [3.63, 3.8) is 0 Å². The van der Waals surface area contributed by atoms with Crippen LogP contribution in [0, 0.1) is 5.41 Å². The molecule has 136 valence electrons. The highest BCUT2D eigenvalue weighted by Crippen LogP contribution is 2.36. The molecule has 0 spiro atoms. The molecule has 1 atom stereocenters. The maximum atomic E-state index is 11.8. The van der Waals surface area contributed by atoms with E-state index < -0.39 is 24.0 Å². The van der Waals surface area contributed by atoms with Gasteiger partial charge in [-0.25, -0.2) is 4.79 Å². The highest BCUT2D eigenvalue weighted by atomic mass is 35.5. The number of halogens is 1. The van der Waals surface area contributed by atoms with E-state index in [1.165, 1.54) is 0 Å². The number of ether oxygens (including phenoxy) is 1. The van der Waals surface area contributed by atoms with Crippen molar-refractivity contribution in [3.8, 4) is 5.75 Å². The number of benzene rings is 1. The molecule has 2 rings (SSSR count). The standard InChI is InChI=1S/C18H22ClNO5/c1-2-6-18(17(23)24)7-3-8-20(12-18)10-13-9-14(19)4-5-15(13)25-11-16(21)22/h2,4-5,9H,1,3,6-8,10-12H2,(H,21,22)(H,23,24). The first-order valence-electron chi connectivity index (χ1n) is 8.06. The van der Waals surface area contributed by atoms with Crippen molar-refractivity contribution in [1.82, 2.24) is 4.90 Å². The van der Waals surface area contributed by atoms with Crippen LogP contribution in [0.4, 0.5) is 0 Å². The SMILES string of the molecule is C=CCC1(C(=O)O)CCCN(Cc2cc(Cl)ccc2OCC(=O)O)C1. The Labute approximate surface area is 151 Å². The van der Waals surface area contributed by atoms with Crippen LogP contribution in [-0.2, 0) is 16.1 Å². The van der Waals surface area contributed by atoms with Gasteiger partial charge in [-0.05, 0) is 44.0 Å². The van der Waals surface area contributed by atoms with Crippen LogP contribution in [-0.4, -0.2) is 46.7 Å². The van der Waals surface area contributed by atoms with Crippen LogP contribution in [0.5, 0.6) is 5.75 Å². The number of rotatable bonds is 8. The maximum absolute atomic E-state index is 11.8. The number of likely N-dealkylation sites (tertiary alicyclic amines) is 1. The maximum Gasteiger partial charge on any atom is 0.341 e. The third-order valence-corrected chi connectivity index (χ3v) is 4.65. The van der Waals surface area contributed by atoms with Crippen molar-refractivity contribution < 1.29 is 24.5 Å². The molecular formula is C18H22ClNO5. The van der Waals surface area contributed by atoms with Gasteiger partial charge in [0, 0.05) is 23.7 Å². The fraction of sp³-hybridized carbons (Fsp3) is 0.444. The summed E-state index contributed by atoms with van der Waals surface area (Å²) >= 11 is 6.06. The van der Waals surface area contributed by atoms with Crippen molar-refractivity contribution >= 4 is 23.5 Å². The minimum atomic E-state index is -1.06. The highest BCUT2D eigenvalue weighted by molar-refractivity contribution is 6.30. The second-order valence-corrected chi connectivity index (χ2v) is 6.76. The van der Waals surface area contributed by atoms with Gasteiger partial charge >= 0.3 is 11.9 Å². The summed E-state index contributed by atoms with van der Waals surface area (Å²) in [5.74, 6) is -1.43. The summed E-state index contributed by atoms with van der Waals surface area (Å²) in [5, 5.41) is 19.0. The molecule has 1 fully saturated rings. The van der Waals surface area contributed by atoms with Crippen molar-refractivity contribution in [2.24, 2.45) is 5.41 Å². The molecule has 1 aromatic carbocycles. The predicted octanol–water partition coefficient (Wildman–Crippen LogP) is 3.05. The number of aliphatic carboxylic acids is 2. The van der Waals surface area contributed by atoms with E-state index in [1.807, 2.05) is 4.90 Å². The Morgan fingerprint density at radius 1 is 1.40 bits per heavy atom. The number of hydrogen-bond donors (Lipinski definition) is 2. The molecule has 1 aromatic rings. The summed E-state index contributed by atoms with van der Waals surface area (Å²) in [5.41, 5.74) is -0.0887. The first-order chi connectivity index (χ1) is 11.9. The molecule has 1 heterocycles. The van der Waals surface area contributed by atoms with E-state index in [0.717, 1.165) is 18.5 Å². The lowest BCUT2D eigenvalue weighted by atomic mass is 9.77. The molecule has 0 saturated carbocycles. The van der Waals surface area contributed by atoms with Gasteiger partial charge in [-0.3, -0.25) is 9.69 Å². The van der Waals surface area contributed by atoms with Gasteiger partial charge in [-0.2, -0.15) is 0 Å². The Kier molecular flexibility index (Phi) is 6.45. The number of carboxylic acids is 2. The number of carbonyl (C=O) groups is 2. The summed E-state index contributed by atoms with van der Waals surface area (Å²) in [6, 6.07) is 5.00. The number of nitrogens with zero attached hydrogens (tertiary/aromatic N) is 1. The fourth-order valence-electron chi connectivity index (χ4n) is 3.26. The fourth-order valence-corrected chi connectivity index (χ4v) is 3.45. The van der Waals surface area contributed by atoms with Gasteiger partial charge in [0.1, 0.15) is 5.75 Å². The lowest BCUT2D eigenvalue weighted by molar-refractivity contribution is -0.152. The Balaban J connectivity index is 2.17. The summed E-state index contributed by atoms with van der Waals surface area (Å²) in [6.07, 6.45) is 3.45. The summed E-state index contributed by atoms with van der Waals surface area (Å²) in [4.78, 5) is 24.6. The molecule has 6 nitrogen and oxygen atoms in total. The quantitative estimate of drug-likeness (QED) is 0.687. The zero-order valence-electron chi connectivity index (χ0n) is 13.9. The minimum absolute atomic E-state index is 0.402. The number of carboxylic acid groups (broad SMARTS) is 2. The van der Waals surface area contributed by atoms with E-state index in [1.54, 1.807) is 24.3 Å². The molecule has 0 aromatic heterocycles. The van der Waals surface area contributed by atoms with Gasteiger partial charge in [-0.15, -0.1) is 6.58 Å². The smallest absolute Gasteiger partial charge is 0.341 e. The van der Waals surface area contributed by atoms with Crippen LogP contribution in [0.3, 0.4) is 0 Å². The highest BCUT2D eigenvalue weighted by Gasteiger charge is 2.41. The zero-order chi connectivity index (χ0) is 18.4. The molecule has 1 saturated heterocycles. The monoisotopic (exact) mass is 367 g/mol. The Hall–Kier alpha value is -2.05. The number of piperidine rings is 1. The van der Waals surface area contributed by atoms with Crippen LogP contribution in [0.1, 0.15) is 24.8 Å². The molecule has 1 aliphatic rings. The van der Waals surface area contributed by atoms with E-state index >= 15 is 0 Å². The van der Waals surface area contributed by atoms with Gasteiger partial charge in [-0.1, -0.05) is 17.7 Å². The van der Waals surface area contributed by atoms with E-state index in [0.29, 0.717) is 36.7 Å². The van der Waals surface area contributed by atoms with Crippen LogP contribution in [0.25, 0.3) is 0 Å². The van der Waals surface area contributed by atoms with Crippen LogP contribution in [0.15, 0.2) is 30.9 Å². The molecule has 0 amide bonds. The van der Waals surface area contributed by atoms with Crippen molar-refractivity contribution in [1.29, 1.82) is 0 Å². The molecule has 0 aliphatic carbocycles. The average Bonchev–Trinajstić information content (AvgIpc) is 2.54.